The molecule has 1 atom stereocenters. The van der Waals surface area contributed by atoms with Crippen molar-refractivity contribution in [3.05, 3.63) is 59.9 Å². The van der Waals surface area contributed by atoms with Crippen molar-refractivity contribution in [2.45, 2.75) is 17.9 Å². The van der Waals surface area contributed by atoms with E-state index in [4.69, 9.17) is 10.5 Å². The zero-order valence-corrected chi connectivity index (χ0v) is 12.4. The number of hydrogen-bond acceptors (Lipinski definition) is 3. The molecular weight excluding hydrogens is 289 g/mol. The Bertz CT molecular complexity index is 601. The van der Waals surface area contributed by atoms with E-state index in [0.717, 1.165) is 11.3 Å². The first-order valence-electron chi connectivity index (χ1n) is 6.75. The molecule has 0 heterocycles. The van der Waals surface area contributed by atoms with Gasteiger partial charge in [-0.05, 0) is 36.8 Å². The van der Waals surface area contributed by atoms with Gasteiger partial charge in [-0.15, -0.1) is 0 Å². The molecule has 2 aromatic carbocycles. The van der Waals surface area contributed by atoms with E-state index < -0.39 is 10.8 Å². The summed E-state index contributed by atoms with van der Waals surface area (Å²) in [4.78, 5) is 0.638. The van der Waals surface area contributed by atoms with E-state index >= 15 is 0 Å². The fourth-order valence-corrected chi connectivity index (χ4v) is 2.95. The van der Waals surface area contributed by atoms with Crippen molar-refractivity contribution in [3.63, 3.8) is 0 Å². The molecule has 112 valence electrons. The van der Waals surface area contributed by atoms with Crippen molar-refractivity contribution >= 4 is 10.8 Å². The van der Waals surface area contributed by atoms with Crippen molar-refractivity contribution < 1.29 is 13.3 Å². The highest BCUT2D eigenvalue weighted by Crippen LogP contribution is 2.17. The van der Waals surface area contributed by atoms with Crippen LogP contribution in [0.3, 0.4) is 0 Å². The number of para-hydroxylation sites is 1. The van der Waals surface area contributed by atoms with Gasteiger partial charge in [0, 0.05) is 22.8 Å². The molecule has 0 aliphatic carbocycles. The zero-order valence-electron chi connectivity index (χ0n) is 11.6. The summed E-state index contributed by atoms with van der Waals surface area (Å²) in [7, 11) is -1.13. The van der Waals surface area contributed by atoms with Gasteiger partial charge in [0.05, 0.1) is 17.4 Å². The second-order valence-corrected chi connectivity index (χ2v) is 6.09. The van der Waals surface area contributed by atoms with Gasteiger partial charge in [0.25, 0.3) is 0 Å². The SMILES string of the molecule is NCc1ccccc1OCCCS(=O)c1ccc(F)cc1. The molecular formula is C16H18FNO2S. The van der Waals surface area contributed by atoms with Crippen LogP contribution in [0.4, 0.5) is 4.39 Å². The van der Waals surface area contributed by atoms with Crippen LogP contribution in [0.25, 0.3) is 0 Å². The molecule has 0 saturated heterocycles. The number of nitrogens with two attached hydrogens (primary N) is 1. The van der Waals surface area contributed by atoms with Gasteiger partial charge in [-0.1, -0.05) is 18.2 Å². The highest BCUT2D eigenvalue weighted by Gasteiger charge is 2.05. The summed E-state index contributed by atoms with van der Waals surface area (Å²) in [5, 5.41) is 0. The normalized spacial score (nSPS) is 12.1. The summed E-state index contributed by atoms with van der Waals surface area (Å²) in [6, 6.07) is 13.4. The Balaban J connectivity index is 1.79. The number of benzene rings is 2. The summed E-state index contributed by atoms with van der Waals surface area (Å²) in [6.07, 6.45) is 0.656. The Morgan fingerprint density at radius 2 is 1.81 bits per heavy atom. The molecule has 0 fully saturated rings. The maximum absolute atomic E-state index is 12.8. The Morgan fingerprint density at radius 3 is 2.52 bits per heavy atom. The fraction of sp³-hybridized carbons (Fsp3) is 0.250. The molecule has 0 aromatic heterocycles. The summed E-state index contributed by atoms with van der Waals surface area (Å²) in [5.41, 5.74) is 6.59. The summed E-state index contributed by atoms with van der Waals surface area (Å²) >= 11 is 0. The van der Waals surface area contributed by atoms with E-state index in [0.29, 0.717) is 30.2 Å². The lowest BCUT2D eigenvalue weighted by Gasteiger charge is -2.10. The largest absolute Gasteiger partial charge is 0.493 e. The lowest BCUT2D eigenvalue weighted by molar-refractivity contribution is 0.315. The first-order chi connectivity index (χ1) is 10.2. The third-order valence-electron chi connectivity index (χ3n) is 3.00. The van der Waals surface area contributed by atoms with Crippen LogP contribution in [0.1, 0.15) is 12.0 Å². The average Bonchev–Trinajstić information content (AvgIpc) is 2.52. The molecule has 0 radical (unpaired) electrons. The predicted octanol–water partition coefficient (Wildman–Crippen LogP) is 2.86. The fourth-order valence-electron chi connectivity index (χ4n) is 1.89. The van der Waals surface area contributed by atoms with Crippen LogP contribution in [-0.4, -0.2) is 16.6 Å². The maximum Gasteiger partial charge on any atom is 0.123 e. The van der Waals surface area contributed by atoms with Gasteiger partial charge < -0.3 is 10.5 Å². The summed E-state index contributed by atoms with van der Waals surface area (Å²) in [5.74, 6) is 0.932. The number of ether oxygens (including phenoxy) is 1. The van der Waals surface area contributed by atoms with Crippen molar-refractivity contribution in [2.24, 2.45) is 5.73 Å². The summed E-state index contributed by atoms with van der Waals surface area (Å²) < 4.78 is 30.4. The molecule has 2 rings (SSSR count). The Kier molecular flexibility index (Phi) is 5.90. The van der Waals surface area contributed by atoms with Crippen molar-refractivity contribution in [3.8, 4) is 5.75 Å². The van der Waals surface area contributed by atoms with Gasteiger partial charge in [-0.3, -0.25) is 4.21 Å². The molecule has 3 nitrogen and oxygen atoms in total. The monoisotopic (exact) mass is 307 g/mol. The van der Waals surface area contributed by atoms with Crippen LogP contribution in [-0.2, 0) is 17.3 Å². The van der Waals surface area contributed by atoms with E-state index in [2.05, 4.69) is 0 Å². The molecule has 0 spiro atoms. The molecule has 5 heteroatoms. The number of rotatable bonds is 7. The topological polar surface area (TPSA) is 52.3 Å². The van der Waals surface area contributed by atoms with Gasteiger partial charge >= 0.3 is 0 Å². The van der Waals surface area contributed by atoms with Gasteiger partial charge in [0.2, 0.25) is 0 Å². The minimum atomic E-state index is -1.13. The molecule has 1 unspecified atom stereocenters. The van der Waals surface area contributed by atoms with Crippen LogP contribution in [0.15, 0.2) is 53.4 Å². The minimum absolute atomic E-state index is 0.322. The van der Waals surface area contributed by atoms with Gasteiger partial charge in [-0.25, -0.2) is 4.39 Å². The van der Waals surface area contributed by atoms with E-state index in [1.165, 1.54) is 12.1 Å². The molecule has 0 aliphatic rings. The van der Waals surface area contributed by atoms with Gasteiger partial charge in [0.15, 0.2) is 0 Å². The minimum Gasteiger partial charge on any atom is -0.493 e. The van der Waals surface area contributed by atoms with Crippen molar-refractivity contribution in [1.82, 2.24) is 0 Å². The second kappa shape index (κ2) is 7.90. The highest BCUT2D eigenvalue weighted by molar-refractivity contribution is 7.85. The van der Waals surface area contributed by atoms with Crippen LogP contribution in [0, 0.1) is 5.82 Å². The van der Waals surface area contributed by atoms with Gasteiger partial charge in [-0.2, -0.15) is 0 Å². The first kappa shape index (κ1) is 15.7. The summed E-state index contributed by atoms with van der Waals surface area (Å²) in [6.45, 7) is 0.904. The van der Waals surface area contributed by atoms with E-state index in [1.807, 2.05) is 24.3 Å². The Hall–Kier alpha value is -1.72. The smallest absolute Gasteiger partial charge is 0.123 e. The Labute approximate surface area is 126 Å². The molecule has 21 heavy (non-hydrogen) atoms. The van der Waals surface area contributed by atoms with Crippen LogP contribution < -0.4 is 10.5 Å². The van der Waals surface area contributed by atoms with Crippen LogP contribution in [0.2, 0.25) is 0 Å². The lowest BCUT2D eigenvalue weighted by atomic mass is 10.2. The number of hydrogen-bond donors (Lipinski definition) is 1. The standard InChI is InChI=1S/C16H18FNO2S/c17-14-6-8-15(9-7-14)21(19)11-3-10-20-16-5-2-1-4-13(16)12-18/h1-2,4-9H,3,10-12,18H2. The number of halogens is 1. The van der Waals surface area contributed by atoms with E-state index in [9.17, 15) is 8.60 Å². The molecule has 0 saturated carbocycles. The predicted molar refractivity (Wildman–Crippen MR) is 82.1 cm³/mol. The highest BCUT2D eigenvalue weighted by atomic mass is 32.2. The van der Waals surface area contributed by atoms with E-state index in [1.54, 1.807) is 12.1 Å². The second-order valence-electron chi connectivity index (χ2n) is 4.52. The molecule has 2 N–H and O–H groups in total. The van der Waals surface area contributed by atoms with Crippen LogP contribution >= 0.6 is 0 Å². The van der Waals surface area contributed by atoms with Crippen molar-refractivity contribution in [2.75, 3.05) is 12.4 Å². The molecule has 2 aromatic rings. The quantitative estimate of drug-likeness (QED) is 0.800. The molecule has 0 amide bonds. The molecule has 0 bridgehead atoms. The Morgan fingerprint density at radius 1 is 1.10 bits per heavy atom. The molecule has 0 aliphatic heterocycles. The lowest BCUT2D eigenvalue weighted by Crippen LogP contribution is -2.07. The van der Waals surface area contributed by atoms with Crippen molar-refractivity contribution in [1.29, 1.82) is 0 Å². The average molecular weight is 307 g/mol. The first-order valence-corrected chi connectivity index (χ1v) is 8.07. The third-order valence-corrected chi connectivity index (χ3v) is 4.46. The third kappa shape index (κ3) is 4.65. The van der Waals surface area contributed by atoms with Crippen LogP contribution in [0.5, 0.6) is 5.75 Å². The van der Waals surface area contributed by atoms with Gasteiger partial charge in [0.1, 0.15) is 11.6 Å². The maximum atomic E-state index is 12.8. The van der Waals surface area contributed by atoms with E-state index in [-0.39, 0.29) is 5.82 Å². The zero-order chi connectivity index (χ0) is 15.1.